The van der Waals surface area contributed by atoms with Crippen molar-refractivity contribution in [1.82, 2.24) is 9.97 Å². The maximum Gasteiger partial charge on any atom is 0.239 e. The van der Waals surface area contributed by atoms with Crippen LogP contribution in [-0.2, 0) is 0 Å². The van der Waals surface area contributed by atoms with Gasteiger partial charge in [0.1, 0.15) is 0 Å². The van der Waals surface area contributed by atoms with Crippen molar-refractivity contribution < 1.29 is 4.39 Å². The van der Waals surface area contributed by atoms with Crippen LogP contribution in [-0.4, -0.2) is 23.1 Å². The monoisotopic (exact) mass is 239 g/mol. The fourth-order valence-electron chi connectivity index (χ4n) is 2.49. The zero-order valence-corrected chi connectivity index (χ0v) is 10.2. The average molecular weight is 239 g/mol. The van der Waals surface area contributed by atoms with E-state index < -0.39 is 5.82 Å². The quantitative estimate of drug-likeness (QED) is 0.603. The molecule has 0 bridgehead atoms. The van der Waals surface area contributed by atoms with Crippen LogP contribution in [0.15, 0.2) is 6.20 Å². The van der Waals surface area contributed by atoms with Gasteiger partial charge >= 0.3 is 0 Å². The molecular formula is C11H18FN5. The highest BCUT2D eigenvalue weighted by Gasteiger charge is 2.25. The number of nitrogens with zero attached hydrogens (tertiary/aromatic N) is 3. The number of nitrogens with one attached hydrogen (secondary N) is 1. The number of halogens is 1. The third kappa shape index (κ3) is 2.63. The number of rotatable bonds is 2. The lowest BCUT2D eigenvalue weighted by Gasteiger charge is -2.35. The van der Waals surface area contributed by atoms with Crippen molar-refractivity contribution in [3.8, 4) is 0 Å². The largest absolute Gasteiger partial charge is 0.353 e. The molecule has 2 atom stereocenters. The van der Waals surface area contributed by atoms with Crippen LogP contribution in [0.2, 0.25) is 0 Å². The summed E-state index contributed by atoms with van der Waals surface area (Å²) >= 11 is 0. The summed E-state index contributed by atoms with van der Waals surface area (Å²) in [6, 6.07) is 0. The van der Waals surface area contributed by atoms with Crippen LogP contribution in [0.25, 0.3) is 0 Å². The van der Waals surface area contributed by atoms with E-state index in [1.807, 2.05) is 4.90 Å². The first-order valence-electron chi connectivity index (χ1n) is 5.84. The molecule has 0 radical (unpaired) electrons. The van der Waals surface area contributed by atoms with Crippen LogP contribution in [0.3, 0.4) is 0 Å². The number of nitrogen functional groups attached to an aromatic ring is 1. The first kappa shape index (κ1) is 12.0. The molecule has 2 unspecified atom stereocenters. The third-order valence-corrected chi connectivity index (χ3v) is 3.02. The normalized spacial score (nSPS) is 24.8. The van der Waals surface area contributed by atoms with E-state index in [-0.39, 0.29) is 5.95 Å². The Hall–Kier alpha value is -1.43. The Bertz CT molecular complexity index is 387. The van der Waals surface area contributed by atoms with Crippen molar-refractivity contribution in [2.24, 2.45) is 17.7 Å². The number of hydrazine groups is 1. The van der Waals surface area contributed by atoms with Crippen LogP contribution >= 0.6 is 0 Å². The van der Waals surface area contributed by atoms with Gasteiger partial charge in [0.05, 0.1) is 6.20 Å². The molecule has 1 aliphatic rings. The van der Waals surface area contributed by atoms with Gasteiger partial charge in [0.15, 0.2) is 11.6 Å². The molecule has 1 fully saturated rings. The molecule has 6 heteroatoms. The Morgan fingerprint density at radius 3 is 2.65 bits per heavy atom. The zero-order valence-electron chi connectivity index (χ0n) is 10.2. The van der Waals surface area contributed by atoms with E-state index in [2.05, 4.69) is 29.2 Å². The van der Waals surface area contributed by atoms with Crippen molar-refractivity contribution >= 4 is 11.8 Å². The van der Waals surface area contributed by atoms with Crippen LogP contribution in [0.4, 0.5) is 16.2 Å². The summed E-state index contributed by atoms with van der Waals surface area (Å²) in [5.74, 6) is 6.51. The molecule has 2 heterocycles. The Balaban J connectivity index is 2.26. The maximum absolute atomic E-state index is 13.7. The van der Waals surface area contributed by atoms with Gasteiger partial charge in [0, 0.05) is 13.1 Å². The second kappa shape index (κ2) is 4.83. The number of hydrogen-bond acceptors (Lipinski definition) is 5. The zero-order chi connectivity index (χ0) is 12.4. The molecule has 1 aromatic rings. The molecule has 0 aromatic carbocycles. The molecular weight excluding hydrogens is 221 g/mol. The lowest BCUT2D eigenvalue weighted by atomic mass is 9.92. The van der Waals surface area contributed by atoms with Gasteiger partial charge in [-0.1, -0.05) is 13.8 Å². The van der Waals surface area contributed by atoms with Crippen LogP contribution < -0.4 is 16.2 Å². The summed E-state index contributed by atoms with van der Waals surface area (Å²) in [5.41, 5.74) is 2.34. The van der Waals surface area contributed by atoms with E-state index in [0.717, 1.165) is 19.3 Å². The van der Waals surface area contributed by atoms with Crippen molar-refractivity contribution in [1.29, 1.82) is 0 Å². The molecule has 17 heavy (non-hydrogen) atoms. The first-order chi connectivity index (χ1) is 8.10. The Kier molecular flexibility index (Phi) is 3.42. The van der Waals surface area contributed by atoms with Gasteiger partial charge < -0.3 is 4.90 Å². The second-order valence-corrected chi connectivity index (χ2v) is 4.86. The summed E-state index contributed by atoms with van der Waals surface area (Å²) < 4.78 is 13.7. The van der Waals surface area contributed by atoms with Crippen molar-refractivity contribution in [2.45, 2.75) is 20.3 Å². The predicted octanol–water partition coefficient (Wildman–Crippen LogP) is 1.38. The van der Waals surface area contributed by atoms with Crippen molar-refractivity contribution in [3.05, 3.63) is 12.0 Å². The Labute approximate surface area is 100 Å². The third-order valence-electron chi connectivity index (χ3n) is 3.02. The minimum atomic E-state index is -0.398. The van der Waals surface area contributed by atoms with E-state index in [0.29, 0.717) is 17.7 Å². The first-order valence-corrected chi connectivity index (χ1v) is 5.84. The summed E-state index contributed by atoms with van der Waals surface area (Å²) in [6.07, 6.45) is 2.33. The van der Waals surface area contributed by atoms with Gasteiger partial charge in [0.2, 0.25) is 5.95 Å². The number of anilines is 2. The van der Waals surface area contributed by atoms with Gasteiger partial charge in [-0.05, 0) is 18.3 Å². The van der Waals surface area contributed by atoms with E-state index in [9.17, 15) is 4.39 Å². The van der Waals surface area contributed by atoms with Crippen LogP contribution in [0.5, 0.6) is 0 Å². The molecule has 1 aliphatic heterocycles. The Morgan fingerprint density at radius 2 is 2.06 bits per heavy atom. The molecule has 5 nitrogen and oxygen atoms in total. The molecule has 2 rings (SSSR count). The van der Waals surface area contributed by atoms with E-state index >= 15 is 0 Å². The lowest BCUT2D eigenvalue weighted by Crippen LogP contribution is -2.39. The highest BCUT2D eigenvalue weighted by Crippen LogP contribution is 2.26. The van der Waals surface area contributed by atoms with Crippen LogP contribution in [0, 0.1) is 17.7 Å². The minimum absolute atomic E-state index is 0.243. The fourth-order valence-corrected chi connectivity index (χ4v) is 2.49. The number of aromatic nitrogens is 2. The molecule has 0 aliphatic carbocycles. The molecule has 94 valence electrons. The van der Waals surface area contributed by atoms with E-state index in [4.69, 9.17) is 5.84 Å². The summed E-state index contributed by atoms with van der Waals surface area (Å²) in [7, 11) is 0. The van der Waals surface area contributed by atoms with Gasteiger partial charge in [-0.25, -0.2) is 15.2 Å². The number of nitrogens with two attached hydrogens (primary N) is 1. The maximum atomic E-state index is 13.7. The Morgan fingerprint density at radius 1 is 1.41 bits per heavy atom. The molecule has 0 amide bonds. The van der Waals surface area contributed by atoms with Gasteiger partial charge in [0.25, 0.3) is 0 Å². The van der Waals surface area contributed by atoms with E-state index in [1.54, 1.807) is 0 Å². The highest BCUT2D eigenvalue weighted by molar-refractivity contribution is 5.44. The van der Waals surface area contributed by atoms with Crippen molar-refractivity contribution in [2.75, 3.05) is 23.4 Å². The topological polar surface area (TPSA) is 67.1 Å². The van der Waals surface area contributed by atoms with Crippen molar-refractivity contribution in [3.63, 3.8) is 0 Å². The second-order valence-electron chi connectivity index (χ2n) is 4.86. The van der Waals surface area contributed by atoms with Crippen LogP contribution in [0.1, 0.15) is 20.3 Å². The summed E-state index contributed by atoms with van der Waals surface area (Å²) in [6.45, 7) is 5.98. The van der Waals surface area contributed by atoms with Gasteiger partial charge in [-0.3, -0.25) is 5.43 Å². The smallest absolute Gasteiger partial charge is 0.239 e. The lowest BCUT2D eigenvalue weighted by molar-refractivity contribution is 0.352. The molecule has 1 saturated heterocycles. The fraction of sp³-hybridized carbons (Fsp3) is 0.636. The number of hydrogen-bond donors (Lipinski definition) is 2. The minimum Gasteiger partial charge on any atom is -0.353 e. The molecule has 0 spiro atoms. The molecule has 0 saturated carbocycles. The van der Waals surface area contributed by atoms with Gasteiger partial charge in [-0.15, -0.1) is 0 Å². The highest BCUT2D eigenvalue weighted by atomic mass is 19.1. The average Bonchev–Trinajstić information content (AvgIpc) is 2.28. The molecule has 3 N–H and O–H groups in total. The summed E-state index contributed by atoms with van der Waals surface area (Å²) in [4.78, 5) is 9.80. The van der Waals surface area contributed by atoms with Gasteiger partial charge in [-0.2, -0.15) is 4.98 Å². The summed E-state index contributed by atoms with van der Waals surface area (Å²) in [5, 5.41) is 0. The van der Waals surface area contributed by atoms with E-state index in [1.165, 1.54) is 6.42 Å². The predicted molar refractivity (Wildman–Crippen MR) is 65.0 cm³/mol. The SMILES string of the molecule is CC1CC(C)CN(c2nc(NN)ncc2F)C1. The number of piperidine rings is 1. The standard InChI is InChI=1S/C11H18FN5/c1-7-3-8(2)6-17(5-7)10-9(12)4-14-11(15-10)16-13/h4,7-8H,3,5-6,13H2,1-2H3,(H,14,15,16). The molecule has 1 aromatic heterocycles.